The number of rotatable bonds is 3. The maximum Gasteiger partial charge on any atom is 0.118 e. The molecule has 0 spiro atoms. The molecule has 1 aliphatic heterocycles. The van der Waals surface area contributed by atoms with Crippen molar-refractivity contribution in [3.8, 4) is 5.75 Å². The van der Waals surface area contributed by atoms with Crippen molar-refractivity contribution in [2.75, 3.05) is 27.2 Å². The Morgan fingerprint density at radius 1 is 1.29 bits per heavy atom. The van der Waals surface area contributed by atoms with Crippen LogP contribution in [0.3, 0.4) is 0 Å². The van der Waals surface area contributed by atoms with E-state index in [4.69, 9.17) is 10.5 Å². The van der Waals surface area contributed by atoms with Crippen molar-refractivity contribution in [2.45, 2.75) is 24.8 Å². The standard InChI is InChI=1S/C14H22N2O/c1-16-10-4-3-9-14(16,11-15)12-5-7-13(17-2)8-6-12/h5-8H,3-4,9-11,15H2,1-2H3. The molecule has 1 atom stereocenters. The van der Waals surface area contributed by atoms with Crippen LogP contribution in [0.15, 0.2) is 24.3 Å². The van der Waals surface area contributed by atoms with Crippen LogP contribution in [0.25, 0.3) is 0 Å². The van der Waals surface area contributed by atoms with E-state index >= 15 is 0 Å². The molecule has 1 saturated heterocycles. The monoisotopic (exact) mass is 234 g/mol. The highest BCUT2D eigenvalue weighted by Gasteiger charge is 2.36. The Labute approximate surface area is 104 Å². The number of hydrogen-bond acceptors (Lipinski definition) is 3. The van der Waals surface area contributed by atoms with Crippen LogP contribution in [0.5, 0.6) is 5.75 Å². The van der Waals surface area contributed by atoms with Crippen molar-refractivity contribution < 1.29 is 4.74 Å². The van der Waals surface area contributed by atoms with Gasteiger partial charge in [0.2, 0.25) is 0 Å². The quantitative estimate of drug-likeness (QED) is 0.869. The summed E-state index contributed by atoms with van der Waals surface area (Å²) in [6.45, 7) is 1.80. The van der Waals surface area contributed by atoms with E-state index in [9.17, 15) is 0 Å². The van der Waals surface area contributed by atoms with Crippen LogP contribution in [0, 0.1) is 0 Å². The van der Waals surface area contributed by atoms with Crippen molar-refractivity contribution in [1.82, 2.24) is 4.90 Å². The maximum atomic E-state index is 6.06. The van der Waals surface area contributed by atoms with E-state index in [1.807, 2.05) is 12.1 Å². The minimum absolute atomic E-state index is 0.0184. The Morgan fingerprint density at radius 2 is 2.00 bits per heavy atom. The zero-order chi connectivity index (χ0) is 12.3. The lowest BCUT2D eigenvalue weighted by Gasteiger charge is -2.45. The van der Waals surface area contributed by atoms with Crippen LogP contribution < -0.4 is 10.5 Å². The Balaban J connectivity index is 2.32. The topological polar surface area (TPSA) is 38.5 Å². The highest BCUT2D eigenvalue weighted by atomic mass is 16.5. The first-order valence-corrected chi connectivity index (χ1v) is 6.29. The van der Waals surface area contributed by atoms with Crippen molar-refractivity contribution >= 4 is 0 Å². The number of likely N-dealkylation sites (tertiary alicyclic amines) is 1. The van der Waals surface area contributed by atoms with Crippen molar-refractivity contribution in [2.24, 2.45) is 5.73 Å². The predicted octanol–water partition coefficient (Wildman–Crippen LogP) is 1.96. The molecule has 1 aromatic carbocycles. The van der Waals surface area contributed by atoms with E-state index in [0.29, 0.717) is 6.54 Å². The molecule has 1 fully saturated rings. The highest BCUT2D eigenvalue weighted by Crippen LogP contribution is 2.36. The second kappa shape index (κ2) is 5.07. The molecule has 0 saturated carbocycles. The van der Waals surface area contributed by atoms with Gasteiger partial charge in [0, 0.05) is 6.54 Å². The minimum Gasteiger partial charge on any atom is -0.497 e. The molecule has 3 nitrogen and oxygen atoms in total. The normalized spacial score (nSPS) is 25.8. The van der Waals surface area contributed by atoms with E-state index in [1.165, 1.54) is 18.4 Å². The average Bonchev–Trinajstić information content (AvgIpc) is 2.40. The second-order valence-corrected chi connectivity index (χ2v) is 4.84. The van der Waals surface area contributed by atoms with Crippen LogP contribution in [0.4, 0.5) is 0 Å². The summed E-state index contributed by atoms with van der Waals surface area (Å²) in [7, 11) is 3.87. The van der Waals surface area contributed by atoms with E-state index in [2.05, 4.69) is 24.1 Å². The van der Waals surface area contributed by atoms with E-state index in [0.717, 1.165) is 18.7 Å². The van der Waals surface area contributed by atoms with Crippen LogP contribution in [0.1, 0.15) is 24.8 Å². The van der Waals surface area contributed by atoms with Gasteiger partial charge in [0.15, 0.2) is 0 Å². The average molecular weight is 234 g/mol. The Morgan fingerprint density at radius 3 is 2.53 bits per heavy atom. The number of benzene rings is 1. The van der Waals surface area contributed by atoms with Gasteiger partial charge in [0.25, 0.3) is 0 Å². The van der Waals surface area contributed by atoms with Gasteiger partial charge in [0.1, 0.15) is 5.75 Å². The smallest absolute Gasteiger partial charge is 0.118 e. The van der Waals surface area contributed by atoms with Crippen molar-refractivity contribution in [1.29, 1.82) is 0 Å². The van der Waals surface area contributed by atoms with Crippen LogP contribution in [-0.4, -0.2) is 32.1 Å². The summed E-state index contributed by atoms with van der Waals surface area (Å²) >= 11 is 0. The third-order valence-electron chi connectivity index (χ3n) is 4.03. The number of piperidine rings is 1. The lowest BCUT2D eigenvalue weighted by atomic mass is 9.81. The third kappa shape index (κ3) is 2.17. The van der Waals surface area contributed by atoms with E-state index in [-0.39, 0.29) is 5.54 Å². The molecule has 2 rings (SSSR count). The number of nitrogens with zero attached hydrogens (tertiary/aromatic N) is 1. The fraction of sp³-hybridized carbons (Fsp3) is 0.571. The fourth-order valence-corrected chi connectivity index (χ4v) is 2.81. The molecule has 2 N–H and O–H groups in total. The first-order chi connectivity index (χ1) is 8.23. The van der Waals surface area contributed by atoms with Crippen LogP contribution >= 0.6 is 0 Å². The summed E-state index contributed by atoms with van der Waals surface area (Å²) in [5.74, 6) is 0.902. The van der Waals surface area contributed by atoms with Gasteiger partial charge in [-0.15, -0.1) is 0 Å². The minimum atomic E-state index is 0.0184. The summed E-state index contributed by atoms with van der Waals surface area (Å²) < 4.78 is 5.21. The van der Waals surface area contributed by atoms with Crippen molar-refractivity contribution in [3.05, 3.63) is 29.8 Å². The molecule has 0 aromatic heterocycles. The summed E-state index contributed by atoms with van der Waals surface area (Å²) in [6.07, 6.45) is 3.67. The van der Waals surface area contributed by atoms with Gasteiger partial charge in [-0.25, -0.2) is 0 Å². The third-order valence-corrected chi connectivity index (χ3v) is 4.03. The summed E-state index contributed by atoms with van der Waals surface area (Å²) in [6, 6.07) is 8.34. The van der Waals surface area contributed by atoms with Crippen molar-refractivity contribution in [3.63, 3.8) is 0 Å². The summed E-state index contributed by atoms with van der Waals surface area (Å²) in [5, 5.41) is 0. The predicted molar refractivity (Wildman–Crippen MR) is 70.2 cm³/mol. The van der Waals surface area contributed by atoms with Gasteiger partial charge in [-0.3, -0.25) is 4.90 Å². The lowest BCUT2D eigenvalue weighted by Crippen LogP contribution is -2.51. The van der Waals surface area contributed by atoms with Crippen LogP contribution in [0.2, 0.25) is 0 Å². The van der Waals surface area contributed by atoms with Gasteiger partial charge in [0.05, 0.1) is 12.6 Å². The number of nitrogens with two attached hydrogens (primary N) is 1. The van der Waals surface area contributed by atoms with Gasteiger partial charge < -0.3 is 10.5 Å². The number of likely N-dealkylation sites (N-methyl/N-ethyl adjacent to an activating group) is 1. The van der Waals surface area contributed by atoms with Gasteiger partial charge in [-0.05, 0) is 50.6 Å². The fourth-order valence-electron chi connectivity index (χ4n) is 2.81. The zero-order valence-electron chi connectivity index (χ0n) is 10.8. The molecule has 1 aromatic rings. The van der Waals surface area contributed by atoms with Gasteiger partial charge in [-0.1, -0.05) is 12.1 Å². The zero-order valence-corrected chi connectivity index (χ0v) is 10.8. The molecule has 0 aliphatic carbocycles. The lowest BCUT2D eigenvalue weighted by molar-refractivity contribution is 0.0784. The SMILES string of the molecule is COc1ccc(C2(CN)CCCCN2C)cc1. The van der Waals surface area contributed by atoms with Crippen LogP contribution in [-0.2, 0) is 5.54 Å². The molecule has 0 amide bonds. The molecule has 1 aliphatic rings. The molecular weight excluding hydrogens is 212 g/mol. The molecule has 0 radical (unpaired) electrons. The summed E-state index contributed by atoms with van der Waals surface area (Å²) in [4.78, 5) is 2.40. The molecule has 0 bridgehead atoms. The number of ether oxygens (including phenoxy) is 1. The second-order valence-electron chi connectivity index (χ2n) is 4.84. The molecule has 17 heavy (non-hydrogen) atoms. The maximum absolute atomic E-state index is 6.06. The van der Waals surface area contributed by atoms with Gasteiger partial charge in [-0.2, -0.15) is 0 Å². The number of methoxy groups -OCH3 is 1. The number of hydrogen-bond donors (Lipinski definition) is 1. The largest absolute Gasteiger partial charge is 0.497 e. The highest BCUT2D eigenvalue weighted by molar-refractivity contribution is 5.32. The molecule has 1 heterocycles. The summed E-state index contributed by atoms with van der Waals surface area (Å²) in [5.41, 5.74) is 7.39. The molecule has 94 valence electrons. The Kier molecular flexibility index (Phi) is 3.69. The van der Waals surface area contributed by atoms with E-state index in [1.54, 1.807) is 7.11 Å². The first-order valence-electron chi connectivity index (χ1n) is 6.29. The Bertz CT molecular complexity index is 363. The molecular formula is C14H22N2O. The first kappa shape index (κ1) is 12.4. The van der Waals surface area contributed by atoms with Gasteiger partial charge >= 0.3 is 0 Å². The molecule has 3 heteroatoms. The molecule has 1 unspecified atom stereocenters. The van der Waals surface area contributed by atoms with E-state index < -0.39 is 0 Å². The Hall–Kier alpha value is -1.06.